The first kappa shape index (κ1) is 93.2. The molecule has 0 fully saturated rings. The summed E-state index contributed by atoms with van der Waals surface area (Å²) in [5.41, 5.74) is 0. The number of halogens is 9. The van der Waals surface area contributed by atoms with E-state index < -0.39 is 0 Å². The van der Waals surface area contributed by atoms with Gasteiger partial charge in [-0.15, -0.1) is 0 Å². The topological polar surface area (TPSA) is 9.23 Å². The summed E-state index contributed by atoms with van der Waals surface area (Å²) in [6.07, 6.45) is 0. The molecule has 0 aliphatic heterocycles. The summed E-state index contributed by atoms with van der Waals surface area (Å²) in [7, 11) is 0. The van der Waals surface area contributed by atoms with E-state index >= 15 is 0 Å². The Kier molecular flexibility index (Phi) is 829. The van der Waals surface area contributed by atoms with Crippen LogP contribution < -0.4 is 86.8 Å². The summed E-state index contributed by atoms with van der Waals surface area (Å²) in [4.78, 5) is 0. The van der Waals surface area contributed by atoms with Crippen molar-refractivity contribution in [1.82, 2.24) is 0 Å². The molecule has 0 aliphatic carbocycles. The molecule has 0 aromatic rings. The van der Waals surface area contributed by atoms with Crippen LogP contribution in [0.25, 0.3) is 0 Å². The summed E-state index contributed by atoms with van der Waals surface area (Å²) >= 11 is 8.53. The monoisotopic (exact) mass is 510 g/mol. The minimum atomic E-state index is 0. The van der Waals surface area contributed by atoms with Crippen LogP contribution in [0, 0.1) is 0 Å². The molecule has 0 spiro atoms. The molecule has 0 saturated heterocycles. The van der Waals surface area contributed by atoms with Gasteiger partial charge in [-0.2, -0.15) is 3.84 Å². The van der Waals surface area contributed by atoms with Gasteiger partial charge in [-0.1, -0.05) is 0 Å². The minimum Gasteiger partial charge on any atom is -1.00 e. The third-order valence-corrected chi connectivity index (χ3v) is 0. The van der Waals surface area contributed by atoms with Gasteiger partial charge in [0.2, 0.25) is 0 Å². The zero-order chi connectivity index (χ0) is 2.71. The Bertz CT molecular complexity index is 14.5. The Morgan fingerprint density at radius 1 is 0.583 bits per heavy atom. The van der Waals surface area contributed by atoms with E-state index in [0.29, 0.717) is 0 Å². The van der Waals surface area contributed by atoms with Gasteiger partial charge in [-0.05, 0) is 0 Å². The van der Waals surface area contributed by atoms with Crippen molar-refractivity contribution in [2.75, 3.05) is 0 Å². The summed E-state index contributed by atoms with van der Waals surface area (Å²) in [6, 6.07) is 0. The fourth-order valence-electron chi connectivity index (χ4n) is 0. The van der Waals surface area contributed by atoms with Gasteiger partial charge in [0.15, 0.2) is 0 Å². The SMILES string of the molecule is ClOCl.[Cl-].[Cl-].[Cl-].[Cl-].[Cl-].[Cl-].[Cl-].[Y+3].[Zr+4]. The van der Waals surface area contributed by atoms with E-state index in [0.717, 1.165) is 0 Å². The van der Waals surface area contributed by atoms with Crippen LogP contribution in [0.5, 0.6) is 0 Å². The third-order valence-electron chi connectivity index (χ3n) is 0. The van der Waals surface area contributed by atoms with Crippen LogP contribution in [0.3, 0.4) is 0 Å². The average Bonchev–Trinajstić information content (AvgIpc) is 0.918. The van der Waals surface area contributed by atoms with E-state index in [1.54, 1.807) is 0 Å². The molecule has 12 heteroatoms. The van der Waals surface area contributed by atoms with Crippen LogP contribution in [0.4, 0.5) is 0 Å². The van der Waals surface area contributed by atoms with E-state index in [1.165, 1.54) is 0 Å². The van der Waals surface area contributed by atoms with Gasteiger partial charge in [0.05, 0.1) is 23.7 Å². The van der Waals surface area contributed by atoms with Gasteiger partial charge < -0.3 is 86.8 Å². The van der Waals surface area contributed by atoms with Crippen LogP contribution >= 0.6 is 23.7 Å². The molecule has 0 rings (SSSR count). The number of hydrogen-bond acceptors (Lipinski definition) is 1. The largest absolute Gasteiger partial charge is 4.00 e. The molecule has 0 aliphatic rings. The molecule has 0 aromatic heterocycles. The first-order chi connectivity index (χ1) is 1.41. The molecule has 0 N–H and O–H groups in total. The van der Waals surface area contributed by atoms with Crippen molar-refractivity contribution in [3.05, 3.63) is 0 Å². The zero-order valence-corrected chi connectivity index (χ0v) is 17.0. The summed E-state index contributed by atoms with van der Waals surface area (Å²) in [5.74, 6) is 0. The Labute approximate surface area is 170 Å². The van der Waals surface area contributed by atoms with Crippen molar-refractivity contribution in [3.63, 3.8) is 0 Å². The molecule has 12 heavy (non-hydrogen) atoms. The molecule has 0 heterocycles. The maximum atomic E-state index is 4.26. The predicted octanol–water partition coefficient (Wildman–Crippen LogP) is -19.7. The molecule has 0 atom stereocenters. The van der Waals surface area contributed by atoms with Gasteiger partial charge in [0.1, 0.15) is 0 Å². The fourth-order valence-corrected chi connectivity index (χ4v) is 0. The van der Waals surface area contributed by atoms with Crippen molar-refractivity contribution < 1.29 is 150 Å². The Morgan fingerprint density at radius 3 is 0.583 bits per heavy atom. The Morgan fingerprint density at radius 2 is 0.583 bits per heavy atom. The maximum Gasteiger partial charge on any atom is 4.00 e. The normalized spacial score (nSPS) is 1.50. The van der Waals surface area contributed by atoms with Crippen molar-refractivity contribution in [3.8, 4) is 0 Å². The van der Waals surface area contributed by atoms with Crippen LogP contribution in [0.1, 0.15) is 0 Å². The van der Waals surface area contributed by atoms with Gasteiger partial charge in [0.25, 0.3) is 0 Å². The summed E-state index contributed by atoms with van der Waals surface area (Å²) < 4.78 is 3.19. The van der Waals surface area contributed by atoms with Crippen LogP contribution in [0.2, 0.25) is 0 Å². The van der Waals surface area contributed by atoms with Gasteiger partial charge in [-0.25, -0.2) is 0 Å². The minimum absolute atomic E-state index is 0. The zero-order valence-electron chi connectivity index (χ0n) is 4.89. The second-order valence-electron chi connectivity index (χ2n) is 0.0583. The molecule has 0 radical (unpaired) electrons. The van der Waals surface area contributed by atoms with E-state index in [9.17, 15) is 0 Å². The Balaban J connectivity index is -0.000000000556. The molecular weight excluding hydrogens is 515 g/mol. The first-order valence-electron chi connectivity index (χ1n) is 0.309. The molecule has 0 amide bonds. The molecule has 0 bridgehead atoms. The fraction of sp³-hybridized carbons (Fsp3) is 0. The smallest absolute Gasteiger partial charge is 1.00 e. The predicted molar refractivity (Wildman–Crippen MR) is 12.8 cm³/mol. The molecular formula is Cl9OYZr. The van der Waals surface area contributed by atoms with Gasteiger partial charge in [-0.3, -0.25) is 0 Å². The second kappa shape index (κ2) is 107. The molecule has 0 aromatic carbocycles. The molecule has 1 nitrogen and oxygen atoms in total. The quantitative estimate of drug-likeness (QED) is 0.312. The second-order valence-corrected chi connectivity index (χ2v) is 0.525. The van der Waals surface area contributed by atoms with Gasteiger partial charge in [0, 0.05) is 0 Å². The third kappa shape index (κ3) is 129. The first-order valence-corrected chi connectivity index (χ1v) is 0.926. The summed E-state index contributed by atoms with van der Waals surface area (Å²) in [5, 5.41) is 0. The van der Waals surface area contributed by atoms with E-state index in [-0.39, 0.29) is 146 Å². The number of rotatable bonds is 0. The van der Waals surface area contributed by atoms with E-state index in [2.05, 4.69) is 27.6 Å². The van der Waals surface area contributed by atoms with E-state index in [4.69, 9.17) is 0 Å². The van der Waals surface area contributed by atoms with Crippen molar-refractivity contribution in [2.24, 2.45) is 0 Å². The van der Waals surface area contributed by atoms with Crippen LogP contribution in [0.15, 0.2) is 0 Å². The molecule has 76 valence electrons. The maximum absolute atomic E-state index is 4.26. The molecule has 0 saturated carbocycles. The van der Waals surface area contributed by atoms with Crippen LogP contribution in [-0.2, 0) is 62.8 Å². The summed E-state index contributed by atoms with van der Waals surface area (Å²) in [6.45, 7) is 0. The number of hydrogen-bond donors (Lipinski definition) is 0. The van der Waals surface area contributed by atoms with Gasteiger partial charge >= 0.3 is 58.9 Å². The molecule has 0 unspecified atom stereocenters. The van der Waals surface area contributed by atoms with Crippen molar-refractivity contribution in [1.29, 1.82) is 0 Å². The Hall–Kier alpha value is 4.56. The van der Waals surface area contributed by atoms with E-state index in [1.807, 2.05) is 0 Å². The van der Waals surface area contributed by atoms with Crippen molar-refractivity contribution in [2.45, 2.75) is 0 Å². The van der Waals surface area contributed by atoms with Crippen LogP contribution in [-0.4, -0.2) is 0 Å². The average molecular weight is 515 g/mol. The van der Waals surface area contributed by atoms with Crippen molar-refractivity contribution >= 4 is 23.7 Å². The standard InChI is InChI=1S/Cl2O.7ClH.Y.Zr/c1-3-2;;;;;;;;;/h;7*1H;;/q;;;;;;;;+3;+4/p-7.